The molecule has 0 saturated heterocycles. The molecule has 0 rings (SSSR count). The van der Waals surface area contributed by atoms with Gasteiger partial charge < -0.3 is 0 Å². The Hall–Kier alpha value is 0.887. The zero-order valence-electron chi connectivity index (χ0n) is 2.26. The average Bonchev–Trinajstić information content (AvgIpc) is 0.918. The van der Waals surface area contributed by atoms with Crippen LogP contribution in [0, 0.1) is 0 Å². The molecule has 0 unspecified atom stereocenters. The largest absolute Gasteiger partial charge is 0.253 e. The molecule has 0 heterocycles. The van der Waals surface area contributed by atoms with Gasteiger partial charge in [0.2, 0.25) is 0 Å². The fourth-order valence-electron chi connectivity index (χ4n) is 0. The first-order valence-corrected chi connectivity index (χ1v) is 1.13. The van der Waals surface area contributed by atoms with Crippen LogP contribution in [0.15, 0.2) is 0 Å². The molecule has 21 valence electrons. The third-order valence-electron chi connectivity index (χ3n) is 0. The first-order chi connectivity index (χ1) is 1.41. The molecule has 0 N–H and O–H groups in total. The molecule has 0 nitrogen and oxygen atoms in total. The van der Waals surface area contributed by atoms with Gasteiger partial charge in [0, 0.05) is 18.9 Å². The fraction of sp³-hybridized carbons (Fsp3) is 0. The van der Waals surface area contributed by atoms with Crippen molar-refractivity contribution in [1.82, 2.24) is 0 Å². The van der Waals surface area contributed by atoms with Crippen LogP contribution in [0.5, 0.6) is 0 Å². The van der Waals surface area contributed by atoms with Gasteiger partial charge in [-0.2, -0.15) is 8.39 Å². The second-order valence-electron chi connectivity index (χ2n) is 0.0714. The second-order valence-corrected chi connectivity index (χ2v) is 0.214. The van der Waals surface area contributed by atoms with Crippen LogP contribution in [-0.2, 0) is 0 Å². The van der Waals surface area contributed by atoms with E-state index in [0.717, 1.165) is 0 Å². The standard InChI is InChI=1S/F2HP.Li/c1-3-2;/h3H;. The van der Waals surface area contributed by atoms with Gasteiger partial charge in [-0.15, -0.1) is 0 Å². The normalized spacial score (nSPS) is 4.50. The van der Waals surface area contributed by atoms with E-state index in [1.807, 2.05) is 0 Å². The summed E-state index contributed by atoms with van der Waals surface area (Å²) in [7, 11) is -1.92. The predicted octanol–water partition coefficient (Wildman–Crippen LogP) is 1.05. The van der Waals surface area contributed by atoms with Gasteiger partial charge in [-0.3, -0.25) is 0 Å². The second kappa shape index (κ2) is 9.10. The number of hydrogen-bond acceptors (Lipinski definition) is 0. The molecule has 4 heteroatoms. The van der Waals surface area contributed by atoms with Crippen LogP contribution in [0.4, 0.5) is 8.39 Å². The van der Waals surface area contributed by atoms with Gasteiger partial charge in [0.05, 0.1) is 0 Å². The molecule has 0 amide bonds. The van der Waals surface area contributed by atoms with Gasteiger partial charge in [0.1, 0.15) is 0 Å². The molecule has 0 aromatic heterocycles. The first-order valence-electron chi connectivity index (χ1n) is 0.378. The van der Waals surface area contributed by atoms with Crippen LogP contribution in [0.3, 0.4) is 0 Å². The maximum atomic E-state index is 9.65. The Morgan fingerprint density at radius 3 is 1.25 bits per heavy atom. The molecule has 0 spiro atoms. The third kappa shape index (κ3) is 13.1. The van der Waals surface area contributed by atoms with Crippen LogP contribution in [-0.4, -0.2) is 18.9 Å². The van der Waals surface area contributed by atoms with Crippen LogP contribution in [0.25, 0.3) is 0 Å². The van der Waals surface area contributed by atoms with Crippen molar-refractivity contribution in [2.75, 3.05) is 0 Å². The topological polar surface area (TPSA) is 0 Å². The van der Waals surface area contributed by atoms with Gasteiger partial charge in [0.25, 0.3) is 9.20 Å². The minimum Gasteiger partial charge on any atom is -0.192 e. The SMILES string of the molecule is FPF.[Li]. The molecular formula is HF2LiP. The number of rotatable bonds is 0. The minimum atomic E-state index is -1.92. The van der Waals surface area contributed by atoms with Gasteiger partial charge in [-0.1, -0.05) is 0 Å². The molecule has 0 fully saturated rings. The third-order valence-corrected chi connectivity index (χ3v) is 0. The van der Waals surface area contributed by atoms with E-state index in [0.29, 0.717) is 0 Å². The zero-order valence-corrected chi connectivity index (χ0v) is 3.26. The molecule has 0 aliphatic rings. The minimum absolute atomic E-state index is 0. The quantitative estimate of drug-likeness (QED) is 0.299. The fourth-order valence-corrected chi connectivity index (χ4v) is 0. The van der Waals surface area contributed by atoms with E-state index in [2.05, 4.69) is 0 Å². The average molecular weight is 76.9 g/mol. The summed E-state index contributed by atoms with van der Waals surface area (Å²) in [5, 5.41) is 0. The van der Waals surface area contributed by atoms with Crippen molar-refractivity contribution in [3.63, 3.8) is 0 Å². The van der Waals surface area contributed by atoms with E-state index >= 15 is 0 Å². The van der Waals surface area contributed by atoms with Gasteiger partial charge in [-0.25, -0.2) is 0 Å². The Balaban J connectivity index is 0. The predicted molar refractivity (Wildman–Crippen MR) is 16.3 cm³/mol. The van der Waals surface area contributed by atoms with E-state index in [-0.39, 0.29) is 18.9 Å². The monoisotopic (exact) mass is 77.0 g/mol. The Labute approximate surface area is 37.2 Å². The van der Waals surface area contributed by atoms with Crippen molar-refractivity contribution in [3.05, 3.63) is 0 Å². The Morgan fingerprint density at radius 1 is 1.25 bits per heavy atom. The molecule has 0 bridgehead atoms. The van der Waals surface area contributed by atoms with E-state index in [4.69, 9.17) is 0 Å². The number of halogens is 2. The van der Waals surface area contributed by atoms with E-state index < -0.39 is 9.20 Å². The van der Waals surface area contributed by atoms with Crippen molar-refractivity contribution in [2.24, 2.45) is 0 Å². The van der Waals surface area contributed by atoms with E-state index in [1.165, 1.54) is 0 Å². The summed E-state index contributed by atoms with van der Waals surface area (Å²) in [6, 6.07) is 0. The van der Waals surface area contributed by atoms with Gasteiger partial charge >= 0.3 is 0 Å². The molecular weight excluding hydrogens is 75.9 g/mol. The zero-order chi connectivity index (χ0) is 2.71. The number of hydrogen-bond donors (Lipinski definition) is 0. The van der Waals surface area contributed by atoms with Crippen LogP contribution in [0.1, 0.15) is 0 Å². The van der Waals surface area contributed by atoms with Crippen molar-refractivity contribution in [1.29, 1.82) is 0 Å². The molecule has 0 aliphatic carbocycles. The molecule has 0 atom stereocenters. The maximum absolute atomic E-state index is 9.65. The summed E-state index contributed by atoms with van der Waals surface area (Å²) in [4.78, 5) is 0. The van der Waals surface area contributed by atoms with E-state index in [9.17, 15) is 8.39 Å². The molecule has 4 heavy (non-hydrogen) atoms. The van der Waals surface area contributed by atoms with Crippen LogP contribution in [0.2, 0.25) is 0 Å². The van der Waals surface area contributed by atoms with E-state index in [1.54, 1.807) is 0 Å². The van der Waals surface area contributed by atoms with Crippen molar-refractivity contribution in [2.45, 2.75) is 0 Å². The van der Waals surface area contributed by atoms with Crippen molar-refractivity contribution in [3.8, 4) is 0 Å². The van der Waals surface area contributed by atoms with Gasteiger partial charge in [0.15, 0.2) is 0 Å². The van der Waals surface area contributed by atoms with Crippen LogP contribution < -0.4 is 0 Å². The summed E-state index contributed by atoms with van der Waals surface area (Å²) < 4.78 is 19.3. The Morgan fingerprint density at radius 2 is 1.25 bits per heavy atom. The molecule has 0 saturated carbocycles. The first kappa shape index (κ1) is 8.86. The summed E-state index contributed by atoms with van der Waals surface area (Å²) in [5.74, 6) is 0. The van der Waals surface area contributed by atoms with Crippen molar-refractivity contribution < 1.29 is 8.39 Å². The van der Waals surface area contributed by atoms with Crippen molar-refractivity contribution >= 4 is 28.1 Å². The summed E-state index contributed by atoms with van der Waals surface area (Å²) >= 11 is 0. The van der Waals surface area contributed by atoms with Gasteiger partial charge in [-0.05, 0) is 0 Å². The summed E-state index contributed by atoms with van der Waals surface area (Å²) in [6.07, 6.45) is 0. The molecule has 0 aromatic carbocycles. The smallest absolute Gasteiger partial charge is 0.192 e. The summed E-state index contributed by atoms with van der Waals surface area (Å²) in [6.45, 7) is 0. The van der Waals surface area contributed by atoms with Crippen LogP contribution >= 0.6 is 9.20 Å². The summed E-state index contributed by atoms with van der Waals surface area (Å²) in [5.41, 5.74) is 0. The maximum Gasteiger partial charge on any atom is 0.253 e. The molecule has 1 radical (unpaired) electrons. The Bertz CT molecular complexity index is 6.00. The molecule has 0 aliphatic heterocycles. The molecule has 0 aromatic rings. The Kier molecular flexibility index (Phi) is 20.1.